The Balaban J connectivity index is 2.38. The van der Waals surface area contributed by atoms with Gasteiger partial charge in [-0.05, 0) is 24.7 Å². The van der Waals surface area contributed by atoms with Crippen LogP contribution in [-0.2, 0) is 6.42 Å². The molecule has 0 aliphatic heterocycles. The molecule has 0 fully saturated rings. The zero-order chi connectivity index (χ0) is 11.5. The van der Waals surface area contributed by atoms with Gasteiger partial charge in [-0.15, -0.1) is 0 Å². The van der Waals surface area contributed by atoms with E-state index >= 15 is 0 Å². The number of rotatable bonds is 3. The predicted molar refractivity (Wildman–Crippen MR) is 62.5 cm³/mol. The molecule has 84 valence electrons. The summed E-state index contributed by atoms with van der Waals surface area (Å²) in [4.78, 5) is 4.17. The molecule has 6 heteroatoms. The number of nitrogens with two attached hydrogens (primary N) is 1. The fourth-order valence-electron chi connectivity index (χ4n) is 1.26. The summed E-state index contributed by atoms with van der Waals surface area (Å²) in [5.74, 6) is 0.921. The first-order valence-corrected chi connectivity index (χ1v) is 5.44. The van der Waals surface area contributed by atoms with Crippen molar-refractivity contribution < 1.29 is 4.52 Å². The maximum atomic E-state index is 6.01. The van der Waals surface area contributed by atoms with E-state index in [1.807, 2.05) is 0 Å². The van der Waals surface area contributed by atoms with Gasteiger partial charge in [-0.3, -0.25) is 0 Å². The Labute approximate surface area is 102 Å². The van der Waals surface area contributed by atoms with Crippen molar-refractivity contribution in [1.29, 1.82) is 0 Å². The molecule has 0 radical (unpaired) electrons. The third-order valence-corrected chi connectivity index (χ3v) is 2.56. The van der Waals surface area contributed by atoms with Crippen LogP contribution in [0.15, 0.2) is 22.7 Å². The van der Waals surface area contributed by atoms with E-state index in [0.29, 0.717) is 40.3 Å². The molecule has 2 aromatic rings. The predicted octanol–water partition coefficient (Wildman–Crippen LogP) is 2.54. The molecule has 0 saturated carbocycles. The van der Waals surface area contributed by atoms with E-state index in [1.165, 1.54) is 0 Å². The number of halogens is 2. The van der Waals surface area contributed by atoms with Gasteiger partial charge in [0, 0.05) is 11.4 Å². The van der Waals surface area contributed by atoms with Gasteiger partial charge in [0.05, 0.1) is 10.6 Å². The SMILES string of the molecule is NCCc1noc(-c2cc(Cl)ccc2Cl)n1. The van der Waals surface area contributed by atoms with E-state index in [4.69, 9.17) is 33.5 Å². The lowest BCUT2D eigenvalue weighted by atomic mass is 10.2. The summed E-state index contributed by atoms with van der Waals surface area (Å²) in [7, 11) is 0. The molecule has 0 unspecified atom stereocenters. The average Bonchev–Trinajstić information content (AvgIpc) is 2.71. The second-order valence-corrected chi connectivity index (χ2v) is 4.02. The maximum Gasteiger partial charge on any atom is 0.259 e. The Morgan fingerprint density at radius 3 is 2.88 bits per heavy atom. The molecule has 1 heterocycles. The molecule has 2 N–H and O–H groups in total. The molecule has 1 aromatic heterocycles. The third kappa shape index (κ3) is 2.35. The molecule has 0 atom stereocenters. The third-order valence-electron chi connectivity index (χ3n) is 1.99. The summed E-state index contributed by atoms with van der Waals surface area (Å²) in [6, 6.07) is 5.07. The highest BCUT2D eigenvalue weighted by Crippen LogP contribution is 2.29. The summed E-state index contributed by atoms with van der Waals surface area (Å²) in [6.07, 6.45) is 0.571. The molecular formula is C10H9Cl2N3O. The van der Waals surface area contributed by atoms with Gasteiger partial charge >= 0.3 is 0 Å². The van der Waals surface area contributed by atoms with Crippen LogP contribution >= 0.6 is 23.2 Å². The van der Waals surface area contributed by atoms with Gasteiger partial charge in [-0.25, -0.2) is 0 Å². The molecule has 0 spiro atoms. The normalized spacial score (nSPS) is 10.7. The Morgan fingerprint density at radius 2 is 2.12 bits per heavy atom. The minimum Gasteiger partial charge on any atom is -0.334 e. The molecule has 0 amide bonds. The summed E-state index contributed by atoms with van der Waals surface area (Å²) in [6.45, 7) is 0.474. The number of hydrogen-bond donors (Lipinski definition) is 1. The number of nitrogens with zero attached hydrogens (tertiary/aromatic N) is 2. The first-order valence-electron chi connectivity index (χ1n) is 4.69. The average molecular weight is 258 g/mol. The van der Waals surface area contributed by atoms with Gasteiger partial charge in [0.1, 0.15) is 0 Å². The summed E-state index contributed by atoms with van der Waals surface area (Å²) >= 11 is 11.9. The van der Waals surface area contributed by atoms with Crippen molar-refractivity contribution in [3.63, 3.8) is 0 Å². The topological polar surface area (TPSA) is 64.9 Å². The second kappa shape index (κ2) is 4.82. The first kappa shape index (κ1) is 11.4. The van der Waals surface area contributed by atoms with Crippen molar-refractivity contribution in [1.82, 2.24) is 10.1 Å². The van der Waals surface area contributed by atoms with Crippen LogP contribution in [0.25, 0.3) is 11.5 Å². The largest absolute Gasteiger partial charge is 0.334 e. The Bertz CT molecular complexity index is 499. The van der Waals surface area contributed by atoms with Crippen molar-refractivity contribution in [2.24, 2.45) is 5.73 Å². The van der Waals surface area contributed by atoms with Crippen LogP contribution in [0.1, 0.15) is 5.82 Å². The highest BCUT2D eigenvalue weighted by molar-refractivity contribution is 6.35. The van der Waals surface area contributed by atoms with Crippen LogP contribution in [-0.4, -0.2) is 16.7 Å². The first-order chi connectivity index (χ1) is 7.70. The van der Waals surface area contributed by atoms with E-state index in [0.717, 1.165) is 0 Å². The van der Waals surface area contributed by atoms with Crippen LogP contribution in [0.3, 0.4) is 0 Å². The summed E-state index contributed by atoms with van der Waals surface area (Å²) in [5, 5.41) is 4.87. The van der Waals surface area contributed by atoms with Crippen molar-refractivity contribution in [2.75, 3.05) is 6.54 Å². The lowest BCUT2D eigenvalue weighted by Crippen LogP contribution is -2.03. The molecule has 2 rings (SSSR count). The van der Waals surface area contributed by atoms with E-state index in [9.17, 15) is 0 Å². The fourth-order valence-corrected chi connectivity index (χ4v) is 1.63. The highest BCUT2D eigenvalue weighted by atomic mass is 35.5. The van der Waals surface area contributed by atoms with Crippen molar-refractivity contribution >= 4 is 23.2 Å². The molecule has 0 aliphatic carbocycles. The molecule has 16 heavy (non-hydrogen) atoms. The smallest absolute Gasteiger partial charge is 0.259 e. The Morgan fingerprint density at radius 1 is 1.31 bits per heavy atom. The van der Waals surface area contributed by atoms with Crippen molar-refractivity contribution in [3.05, 3.63) is 34.1 Å². The van der Waals surface area contributed by atoms with Gasteiger partial charge in [0.2, 0.25) is 0 Å². The van der Waals surface area contributed by atoms with E-state index in [1.54, 1.807) is 18.2 Å². The van der Waals surface area contributed by atoms with E-state index in [2.05, 4.69) is 10.1 Å². The molecule has 0 saturated heterocycles. The van der Waals surface area contributed by atoms with Gasteiger partial charge < -0.3 is 10.3 Å². The van der Waals surface area contributed by atoms with Crippen LogP contribution in [0.5, 0.6) is 0 Å². The maximum absolute atomic E-state index is 6.01. The Kier molecular flexibility index (Phi) is 3.43. The Hall–Kier alpha value is -1.10. The quantitative estimate of drug-likeness (QED) is 0.918. The summed E-state index contributed by atoms with van der Waals surface area (Å²) < 4.78 is 5.08. The second-order valence-electron chi connectivity index (χ2n) is 3.18. The van der Waals surface area contributed by atoms with Gasteiger partial charge in [0.15, 0.2) is 5.82 Å². The number of benzene rings is 1. The zero-order valence-electron chi connectivity index (χ0n) is 8.28. The van der Waals surface area contributed by atoms with Crippen LogP contribution in [0, 0.1) is 0 Å². The summed E-state index contributed by atoms with van der Waals surface area (Å²) in [5.41, 5.74) is 6.02. The van der Waals surface area contributed by atoms with E-state index < -0.39 is 0 Å². The van der Waals surface area contributed by atoms with E-state index in [-0.39, 0.29) is 0 Å². The van der Waals surface area contributed by atoms with Crippen LogP contribution in [0.4, 0.5) is 0 Å². The molecular weight excluding hydrogens is 249 g/mol. The standard InChI is InChI=1S/C10H9Cl2N3O/c11-6-1-2-8(12)7(5-6)10-14-9(3-4-13)15-16-10/h1-2,5H,3-4,13H2. The van der Waals surface area contributed by atoms with Gasteiger partial charge in [-0.1, -0.05) is 28.4 Å². The number of aromatic nitrogens is 2. The zero-order valence-corrected chi connectivity index (χ0v) is 9.79. The monoisotopic (exact) mass is 257 g/mol. The van der Waals surface area contributed by atoms with Crippen molar-refractivity contribution in [3.8, 4) is 11.5 Å². The highest BCUT2D eigenvalue weighted by Gasteiger charge is 2.12. The molecule has 0 bridgehead atoms. The van der Waals surface area contributed by atoms with Gasteiger partial charge in [0.25, 0.3) is 5.89 Å². The van der Waals surface area contributed by atoms with Crippen LogP contribution < -0.4 is 5.73 Å². The minimum absolute atomic E-state index is 0.357. The lowest BCUT2D eigenvalue weighted by Gasteiger charge is -1.98. The van der Waals surface area contributed by atoms with Gasteiger partial charge in [-0.2, -0.15) is 4.98 Å². The molecule has 0 aliphatic rings. The minimum atomic E-state index is 0.357. The number of hydrogen-bond acceptors (Lipinski definition) is 4. The van der Waals surface area contributed by atoms with Crippen molar-refractivity contribution in [2.45, 2.75) is 6.42 Å². The molecule has 4 nitrogen and oxygen atoms in total. The van der Waals surface area contributed by atoms with Crippen LogP contribution in [0.2, 0.25) is 10.0 Å². The lowest BCUT2D eigenvalue weighted by molar-refractivity contribution is 0.422. The molecule has 1 aromatic carbocycles. The fraction of sp³-hybridized carbons (Fsp3) is 0.200.